The Morgan fingerprint density at radius 3 is 2.44 bits per heavy atom. The third-order valence-corrected chi connectivity index (χ3v) is 5.51. The first kappa shape index (κ1) is 14.4. The SMILES string of the molecule is CCCN(CCBr)S(=O)(=O)C1CCOCC1. The van der Waals surface area contributed by atoms with Crippen molar-refractivity contribution < 1.29 is 13.2 Å². The topological polar surface area (TPSA) is 46.6 Å². The number of ether oxygens (including phenoxy) is 1. The van der Waals surface area contributed by atoms with Crippen LogP contribution in [0.5, 0.6) is 0 Å². The van der Waals surface area contributed by atoms with E-state index in [0.29, 0.717) is 44.5 Å². The summed E-state index contributed by atoms with van der Waals surface area (Å²) in [5, 5.41) is 0.446. The molecule has 0 spiro atoms. The van der Waals surface area contributed by atoms with Gasteiger partial charge in [-0.15, -0.1) is 0 Å². The van der Waals surface area contributed by atoms with Gasteiger partial charge in [-0.25, -0.2) is 12.7 Å². The van der Waals surface area contributed by atoms with Crippen molar-refractivity contribution in [3.63, 3.8) is 0 Å². The minimum Gasteiger partial charge on any atom is -0.381 e. The van der Waals surface area contributed by atoms with Gasteiger partial charge in [0.1, 0.15) is 0 Å². The summed E-state index contributed by atoms with van der Waals surface area (Å²) in [6.45, 7) is 4.32. The smallest absolute Gasteiger partial charge is 0.217 e. The average Bonchev–Trinajstić information content (AvgIpc) is 2.30. The van der Waals surface area contributed by atoms with Crippen LogP contribution in [-0.2, 0) is 14.8 Å². The molecule has 0 unspecified atom stereocenters. The normalized spacial score (nSPS) is 19.2. The van der Waals surface area contributed by atoms with E-state index in [-0.39, 0.29) is 5.25 Å². The minimum atomic E-state index is -3.13. The van der Waals surface area contributed by atoms with Crippen molar-refractivity contribution in [1.82, 2.24) is 4.31 Å². The highest BCUT2D eigenvalue weighted by atomic mass is 79.9. The van der Waals surface area contributed by atoms with E-state index in [4.69, 9.17) is 4.74 Å². The molecule has 0 bridgehead atoms. The van der Waals surface area contributed by atoms with Crippen molar-refractivity contribution in [1.29, 1.82) is 0 Å². The largest absolute Gasteiger partial charge is 0.381 e. The molecule has 1 heterocycles. The van der Waals surface area contributed by atoms with Gasteiger partial charge in [-0.2, -0.15) is 0 Å². The third-order valence-electron chi connectivity index (χ3n) is 2.76. The van der Waals surface area contributed by atoms with Gasteiger partial charge in [-0.05, 0) is 19.3 Å². The van der Waals surface area contributed by atoms with E-state index >= 15 is 0 Å². The molecule has 0 aromatic heterocycles. The highest BCUT2D eigenvalue weighted by Gasteiger charge is 2.32. The van der Waals surface area contributed by atoms with E-state index in [0.717, 1.165) is 6.42 Å². The van der Waals surface area contributed by atoms with Crippen molar-refractivity contribution in [2.75, 3.05) is 31.6 Å². The molecule has 0 atom stereocenters. The molecule has 0 saturated carbocycles. The van der Waals surface area contributed by atoms with Gasteiger partial charge in [0.25, 0.3) is 0 Å². The summed E-state index contributed by atoms with van der Waals surface area (Å²) >= 11 is 3.31. The Hall–Kier alpha value is 0.350. The number of nitrogens with zero attached hydrogens (tertiary/aromatic N) is 1. The fourth-order valence-electron chi connectivity index (χ4n) is 1.89. The van der Waals surface area contributed by atoms with Crippen molar-refractivity contribution >= 4 is 26.0 Å². The first-order chi connectivity index (χ1) is 7.62. The Morgan fingerprint density at radius 1 is 1.31 bits per heavy atom. The highest BCUT2D eigenvalue weighted by molar-refractivity contribution is 9.09. The van der Waals surface area contributed by atoms with Gasteiger partial charge in [-0.1, -0.05) is 22.9 Å². The third kappa shape index (κ3) is 3.68. The zero-order chi connectivity index (χ0) is 12.0. The molecule has 0 aromatic carbocycles. The van der Waals surface area contributed by atoms with Crippen LogP contribution in [0.25, 0.3) is 0 Å². The summed E-state index contributed by atoms with van der Waals surface area (Å²) in [6, 6.07) is 0. The molecule has 1 aliphatic heterocycles. The molecule has 96 valence electrons. The van der Waals surface area contributed by atoms with Crippen LogP contribution < -0.4 is 0 Å². The molecule has 0 N–H and O–H groups in total. The van der Waals surface area contributed by atoms with Gasteiger partial charge in [0.05, 0.1) is 5.25 Å². The van der Waals surface area contributed by atoms with Crippen molar-refractivity contribution in [2.24, 2.45) is 0 Å². The summed E-state index contributed by atoms with van der Waals surface area (Å²) < 4.78 is 31.4. The molecule has 4 nitrogen and oxygen atoms in total. The van der Waals surface area contributed by atoms with E-state index in [1.807, 2.05) is 6.92 Å². The van der Waals surface area contributed by atoms with Crippen LogP contribution in [-0.4, -0.2) is 49.6 Å². The van der Waals surface area contributed by atoms with Crippen LogP contribution in [0.3, 0.4) is 0 Å². The first-order valence-electron chi connectivity index (χ1n) is 5.75. The predicted octanol–water partition coefficient (Wildman–Crippen LogP) is 1.60. The highest BCUT2D eigenvalue weighted by Crippen LogP contribution is 2.20. The average molecular weight is 314 g/mol. The molecule has 0 aliphatic carbocycles. The molecule has 1 aliphatic rings. The molecule has 16 heavy (non-hydrogen) atoms. The Bertz CT molecular complexity index is 282. The van der Waals surface area contributed by atoms with E-state index in [1.54, 1.807) is 4.31 Å². The summed E-state index contributed by atoms with van der Waals surface area (Å²) in [5.41, 5.74) is 0. The minimum absolute atomic E-state index is 0.244. The van der Waals surface area contributed by atoms with Gasteiger partial charge < -0.3 is 4.74 Å². The second-order valence-corrected chi connectivity index (χ2v) is 6.95. The number of hydrogen-bond acceptors (Lipinski definition) is 3. The van der Waals surface area contributed by atoms with Crippen LogP contribution >= 0.6 is 15.9 Å². The molecule has 1 fully saturated rings. The van der Waals surface area contributed by atoms with Crippen molar-refractivity contribution in [3.8, 4) is 0 Å². The van der Waals surface area contributed by atoms with Gasteiger partial charge in [0, 0.05) is 31.6 Å². The van der Waals surface area contributed by atoms with Gasteiger partial charge in [-0.3, -0.25) is 0 Å². The van der Waals surface area contributed by atoms with Crippen LogP contribution in [0.1, 0.15) is 26.2 Å². The molecule has 0 aromatic rings. The van der Waals surface area contributed by atoms with E-state index in [9.17, 15) is 8.42 Å². The van der Waals surface area contributed by atoms with Crippen LogP contribution in [0.4, 0.5) is 0 Å². The van der Waals surface area contributed by atoms with E-state index in [1.165, 1.54) is 0 Å². The lowest BCUT2D eigenvalue weighted by atomic mass is 10.2. The number of hydrogen-bond donors (Lipinski definition) is 0. The van der Waals surface area contributed by atoms with Gasteiger partial charge in [0.2, 0.25) is 10.0 Å². The van der Waals surface area contributed by atoms with Gasteiger partial charge in [0.15, 0.2) is 0 Å². The predicted molar refractivity (Wildman–Crippen MR) is 68.4 cm³/mol. The maximum Gasteiger partial charge on any atom is 0.217 e. The lowest BCUT2D eigenvalue weighted by molar-refractivity contribution is 0.0972. The Labute approximate surface area is 107 Å². The summed E-state index contributed by atoms with van der Waals surface area (Å²) in [5.74, 6) is 0. The van der Waals surface area contributed by atoms with E-state index < -0.39 is 10.0 Å². The van der Waals surface area contributed by atoms with Crippen molar-refractivity contribution in [3.05, 3.63) is 0 Å². The molecule has 1 rings (SSSR count). The number of alkyl halides is 1. The zero-order valence-electron chi connectivity index (χ0n) is 9.69. The second kappa shape index (κ2) is 6.93. The Kier molecular flexibility index (Phi) is 6.25. The zero-order valence-corrected chi connectivity index (χ0v) is 12.1. The monoisotopic (exact) mass is 313 g/mol. The quantitative estimate of drug-likeness (QED) is 0.700. The van der Waals surface area contributed by atoms with Crippen molar-refractivity contribution in [2.45, 2.75) is 31.4 Å². The maximum absolute atomic E-state index is 12.3. The molecule has 1 saturated heterocycles. The molecule has 0 radical (unpaired) electrons. The standard InChI is InChI=1S/C10H20BrNO3S/c1-2-6-12(7-5-11)16(13,14)10-3-8-15-9-4-10/h10H,2-9H2,1H3. The fourth-order valence-corrected chi connectivity index (χ4v) is 4.55. The summed E-state index contributed by atoms with van der Waals surface area (Å²) in [6.07, 6.45) is 2.12. The van der Waals surface area contributed by atoms with Crippen LogP contribution in [0.15, 0.2) is 0 Å². The maximum atomic E-state index is 12.3. The lowest BCUT2D eigenvalue weighted by Crippen LogP contribution is -2.42. The summed E-state index contributed by atoms with van der Waals surface area (Å²) in [4.78, 5) is 0. The molecule has 6 heteroatoms. The fraction of sp³-hybridized carbons (Fsp3) is 1.00. The Morgan fingerprint density at radius 2 is 1.94 bits per heavy atom. The number of halogens is 1. The van der Waals surface area contributed by atoms with Crippen LogP contribution in [0.2, 0.25) is 0 Å². The second-order valence-electron chi connectivity index (χ2n) is 3.94. The Balaban J connectivity index is 2.70. The van der Waals surface area contributed by atoms with E-state index in [2.05, 4.69) is 15.9 Å². The van der Waals surface area contributed by atoms with Gasteiger partial charge >= 0.3 is 0 Å². The molecular formula is C10H20BrNO3S. The first-order valence-corrected chi connectivity index (χ1v) is 8.38. The molecular weight excluding hydrogens is 294 g/mol. The molecule has 0 amide bonds. The van der Waals surface area contributed by atoms with Crippen LogP contribution in [0, 0.1) is 0 Å². The number of sulfonamides is 1. The number of rotatable bonds is 6. The summed E-state index contributed by atoms with van der Waals surface area (Å²) in [7, 11) is -3.13. The lowest BCUT2D eigenvalue weighted by Gasteiger charge is -2.29.